The summed E-state index contributed by atoms with van der Waals surface area (Å²) in [6, 6.07) is 5.29. The highest BCUT2D eigenvalue weighted by Crippen LogP contribution is 2.12. The van der Waals surface area contributed by atoms with E-state index in [1.807, 2.05) is 0 Å². The number of ether oxygens (including phenoxy) is 2. The van der Waals surface area contributed by atoms with Crippen LogP contribution in [0.1, 0.15) is 44.0 Å². The van der Waals surface area contributed by atoms with Crippen LogP contribution in [0.5, 0.6) is 0 Å². The van der Waals surface area contributed by atoms with Crippen molar-refractivity contribution in [3.8, 4) is 0 Å². The Labute approximate surface area is 146 Å². The monoisotopic (exact) mass is 355 g/mol. The molecule has 24 heavy (non-hydrogen) atoms. The second-order valence-electron chi connectivity index (χ2n) is 6.18. The van der Waals surface area contributed by atoms with Crippen LogP contribution in [0.4, 0.5) is 0 Å². The molecule has 0 fully saturated rings. The first-order chi connectivity index (χ1) is 11.1. The molecule has 1 amide bonds. The molecule has 0 saturated heterocycles. The molecule has 0 aliphatic rings. The third-order valence-electron chi connectivity index (χ3n) is 2.95. The van der Waals surface area contributed by atoms with E-state index in [4.69, 9.17) is 16.3 Å². The van der Waals surface area contributed by atoms with Crippen molar-refractivity contribution in [2.24, 2.45) is 0 Å². The van der Waals surface area contributed by atoms with Crippen molar-refractivity contribution in [2.45, 2.75) is 45.3 Å². The molecule has 0 radical (unpaired) electrons. The first-order valence-electron chi connectivity index (χ1n) is 7.48. The third kappa shape index (κ3) is 7.00. The normalized spacial score (nSPS) is 12.2. The number of hydrogen-bond acceptors (Lipinski definition) is 5. The zero-order chi connectivity index (χ0) is 18.3. The minimum atomic E-state index is -0.939. The van der Waals surface area contributed by atoms with Crippen LogP contribution in [-0.2, 0) is 19.1 Å². The summed E-state index contributed by atoms with van der Waals surface area (Å²) in [5, 5.41) is 3.06. The van der Waals surface area contributed by atoms with Crippen molar-refractivity contribution in [1.29, 1.82) is 0 Å². The van der Waals surface area contributed by atoms with Crippen LogP contribution in [0.25, 0.3) is 0 Å². The van der Waals surface area contributed by atoms with E-state index >= 15 is 0 Å². The molecule has 6 nitrogen and oxygen atoms in total. The van der Waals surface area contributed by atoms with E-state index in [1.165, 1.54) is 7.11 Å². The van der Waals surface area contributed by atoms with Gasteiger partial charge in [-0.25, -0.2) is 4.79 Å². The van der Waals surface area contributed by atoms with Gasteiger partial charge in [-0.3, -0.25) is 9.59 Å². The number of hydrogen-bond donors (Lipinski definition) is 1. The van der Waals surface area contributed by atoms with Gasteiger partial charge in [-0.05, 0) is 51.5 Å². The third-order valence-corrected chi connectivity index (χ3v) is 3.21. The molecule has 1 aromatic rings. The molecular weight excluding hydrogens is 334 g/mol. The van der Waals surface area contributed by atoms with Gasteiger partial charge in [0.25, 0.3) is 5.91 Å². The molecule has 0 saturated carbocycles. The Morgan fingerprint density at radius 1 is 1.17 bits per heavy atom. The van der Waals surface area contributed by atoms with Crippen LogP contribution in [0.15, 0.2) is 24.3 Å². The maximum absolute atomic E-state index is 12.2. The van der Waals surface area contributed by atoms with Gasteiger partial charge < -0.3 is 14.8 Å². The van der Waals surface area contributed by atoms with Crippen LogP contribution in [0.3, 0.4) is 0 Å². The predicted molar refractivity (Wildman–Crippen MR) is 89.8 cm³/mol. The lowest BCUT2D eigenvalue weighted by molar-refractivity contribution is -0.155. The van der Waals surface area contributed by atoms with Crippen molar-refractivity contribution in [2.75, 3.05) is 7.11 Å². The number of nitrogens with one attached hydrogen (secondary N) is 1. The Kier molecular flexibility index (Phi) is 7.22. The zero-order valence-corrected chi connectivity index (χ0v) is 15.0. The van der Waals surface area contributed by atoms with Gasteiger partial charge in [0, 0.05) is 17.0 Å². The van der Waals surface area contributed by atoms with Gasteiger partial charge in [-0.15, -0.1) is 0 Å². The molecule has 1 atom stereocenters. The standard InChI is InChI=1S/C17H22ClNO5/c1-17(2,3)24-14(20)10-9-13(16(22)23-4)19-15(21)11-5-7-12(18)8-6-11/h5-8,13H,9-10H2,1-4H3,(H,19,21)/t13-/m1/s1. The summed E-state index contributed by atoms with van der Waals surface area (Å²) in [6.45, 7) is 5.26. The Morgan fingerprint density at radius 2 is 1.75 bits per heavy atom. The fourth-order valence-corrected chi connectivity index (χ4v) is 2.01. The number of amides is 1. The molecule has 1 aromatic carbocycles. The Hall–Kier alpha value is -2.08. The molecule has 0 aliphatic heterocycles. The van der Waals surface area contributed by atoms with Gasteiger partial charge in [0.2, 0.25) is 0 Å². The quantitative estimate of drug-likeness (QED) is 0.793. The van der Waals surface area contributed by atoms with Gasteiger partial charge in [0.05, 0.1) is 7.11 Å². The van der Waals surface area contributed by atoms with Gasteiger partial charge in [0.1, 0.15) is 11.6 Å². The van der Waals surface area contributed by atoms with Gasteiger partial charge in [-0.2, -0.15) is 0 Å². The molecule has 0 bridgehead atoms. The van der Waals surface area contributed by atoms with Crippen molar-refractivity contribution in [1.82, 2.24) is 5.32 Å². The maximum atomic E-state index is 12.2. The van der Waals surface area contributed by atoms with Crippen LogP contribution in [0, 0.1) is 0 Å². The number of carbonyl (C=O) groups excluding carboxylic acids is 3. The summed E-state index contributed by atoms with van der Waals surface area (Å²) >= 11 is 5.78. The Bertz CT molecular complexity index is 592. The van der Waals surface area contributed by atoms with Crippen molar-refractivity contribution in [3.63, 3.8) is 0 Å². The van der Waals surface area contributed by atoms with Crippen LogP contribution in [-0.4, -0.2) is 36.6 Å². The molecule has 1 N–H and O–H groups in total. The molecule has 0 heterocycles. The van der Waals surface area contributed by atoms with E-state index in [0.29, 0.717) is 10.6 Å². The summed E-state index contributed by atoms with van der Waals surface area (Å²) in [7, 11) is 1.22. The number of methoxy groups -OCH3 is 1. The lowest BCUT2D eigenvalue weighted by Gasteiger charge is -2.21. The van der Waals surface area contributed by atoms with Crippen molar-refractivity contribution in [3.05, 3.63) is 34.9 Å². The molecule has 132 valence electrons. The number of rotatable bonds is 6. The predicted octanol–water partition coefficient (Wildman–Crippen LogP) is 2.73. The molecule has 0 aromatic heterocycles. The second-order valence-corrected chi connectivity index (χ2v) is 6.62. The second kappa shape index (κ2) is 8.68. The van der Waals surface area contributed by atoms with Gasteiger partial charge in [0.15, 0.2) is 0 Å². The Morgan fingerprint density at radius 3 is 2.25 bits per heavy atom. The average Bonchev–Trinajstić information content (AvgIpc) is 2.49. The van der Waals surface area contributed by atoms with E-state index in [2.05, 4.69) is 10.1 Å². The Balaban J connectivity index is 2.68. The van der Waals surface area contributed by atoms with Crippen molar-refractivity contribution >= 4 is 29.4 Å². The topological polar surface area (TPSA) is 81.7 Å². The molecule has 0 spiro atoms. The van der Waals surface area contributed by atoms with E-state index in [0.717, 1.165) is 0 Å². The molecule has 0 unspecified atom stereocenters. The van der Waals surface area contributed by atoms with E-state index in [-0.39, 0.29) is 12.8 Å². The van der Waals surface area contributed by atoms with Crippen LogP contribution >= 0.6 is 11.6 Å². The molecule has 1 rings (SSSR count). The summed E-state index contributed by atoms with van der Waals surface area (Å²) < 4.78 is 9.86. The first kappa shape index (κ1) is 20.0. The fraction of sp³-hybridized carbons (Fsp3) is 0.471. The minimum Gasteiger partial charge on any atom is -0.467 e. The SMILES string of the molecule is COC(=O)[C@@H](CCC(=O)OC(C)(C)C)NC(=O)c1ccc(Cl)cc1. The average molecular weight is 356 g/mol. The van der Waals surface area contributed by atoms with Crippen LogP contribution in [0.2, 0.25) is 5.02 Å². The summed E-state index contributed by atoms with van der Waals surface area (Å²) in [5.41, 5.74) is -0.254. The highest BCUT2D eigenvalue weighted by Gasteiger charge is 2.24. The zero-order valence-electron chi connectivity index (χ0n) is 14.2. The highest BCUT2D eigenvalue weighted by atomic mass is 35.5. The van der Waals surface area contributed by atoms with Crippen molar-refractivity contribution < 1.29 is 23.9 Å². The smallest absolute Gasteiger partial charge is 0.328 e. The number of esters is 2. The van der Waals surface area contributed by atoms with Gasteiger partial charge >= 0.3 is 11.9 Å². The first-order valence-corrected chi connectivity index (χ1v) is 7.86. The molecular formula is C17H22ClNO5. The molecule has 7 heteroatoms. The van der Waals surface area contributed by atoms with E-state index < -0.39 is 29.5 Å². The highest BCUT2D eigenvalue weighted by molar-refractivity contribution is 6.30. The van der Waals surface area contributed by atoms with E-state index in [1.54, 1.807) is 45.0 Å². The summed E-state index contributed by atoms with van der Waals surface area (Å²) in [5.74, 6) is -1.52. The summed E-state index contributed by atoms with van der Waals surface area (Å²) in [6.07, 6.45) is 0.0683. The number of halogens is 1. The maximum Gasteiger partial charge on any atom is 0.328 e. The van der Waals surface area contributed by atoms with Crippen LogP contribution < -0.4 is 5.32 Å². The minimum absolute atomic E-state index is 0.0159. The van der Waals surface area contributed by atoms with Gasteiger partial charge in [-0.1, -0.05) is 11.6 Å². The lowest BCUT2D eigenvalue weighted by atomic mass is 10.1. The van der Waals surface area contributed by atoms with E-state index in [9.17, 15) is 14.4 Å². The molecule has 0 aliphatic carbocycles. The fourth-order valence-electron chi connectivity index (χ4n) is 1.89. The number of carbonyl (C=O) groups is 3. The summed E-state index contributed by atoms with van der Waals surface area (Å²) in [4.78, 5) is 35.8. The number of benzene rings is 1. The lowest BCUT2D eigenvalue weighted by Crippen LogP contribution is -2.42. The largest absolute Gasteiger partial charge is 0.467 e.